The summed E-state index contributed by atoms with van der Waals surface area (Å²) in [6, 6.07) is 6.47. The second-order valence-electron chi connectivity index (χ2n) is 5.46. The summed E-state index contributed by atoms with van der Waals surface area (Å²) in [5.74, 6) is -0.189. The summed E-state index contributed by atoms with van der Waals surface area (Å²) < 4.78 is 40.1. The van der Waals surface area contributed by atoms with Crippen LogP contribution in [0.3, 0.4) is 0 Å². The minimum Gasteiger partial charge on any atom is -0.406 e. The van der Waals surface area contributed by atoms with E-state index in [0.29, 0.717) is 6.04 Å². The van der Waals surface area contributed by atoms with Crippen molar-refractivity contribution < 1.29 is 17.9 Å². The number of rotatable bonds is 4. The maximum atomic E-state index is 12.1. The molecule has 2 rings (SSSR count). The molecule has 21 heavy (non-hydrogen) atoms. The van der Waals surface area contributed by atoms with Crippen molar-refractivity contribution in [3.63, 3.8) is 0 Å². The van der Waals surface area contributed by atoms with E-state index in [-0.39, 0.29) is 5.75 Å². The first-order valence-electron chi connectivity index (χ1n) is 7.19. The van der Waals surface area contributed by atoms with Gasteiger partial charge in [0.25, 0.3) is 0 Å². The quantitative estimate of drug-likeness (QED) is 0.882. The molecule has 1 atom stereocenters. The molecule has 1 aliphatic heterocycles. The predicted molar refractivity (Wildman–Crippen MR) is 77.0 cm³/mol. The van der Waals surface area contributed by atoms with Crippen LogP contribution >= 0.6 is 0 Å². The Labute approximate surface area is 123 Å². The molecule has 0 amide bonds. The third kappa shape index (κ3) is 5.79. The number of nitrogens with one attached hydrogen (secondary N) is 1. The number of piperidine rings is 1. The van der Waals surface area contributed by atoms with E-state index in [4.69, 9.17) is 0 Å². The van der Waals surface area contributed by atoms with Gasteiger partial charge in [-0.3, -0.25) is 0 Å². The van der Waals surface area contributed by atoms with Gasteiger partial charge in [-0.15, -0.1) is 13.2 Å². The minimum absolute atomic E-state index is 0.189. The van der Waals surface area contributed by atoms with Crippen LogP contribution in [0.15, 0.2) is 29.8 Å². The lowest BCUT2D eigenvalue weighted by Gasteiger charge is -2.23. The van der Waals surface area contributed by atoms with E-state index in [1.54, 1.807) is 12.1 Å². The Morgan fingerprint density at radius 2 is 2.00 bits per heavy atom. The van der Waals surface area contributed by atoms with Gasteiger partial charge in [0.1, 0.15) is 5.75 Å². The van der Waals surface area contributed by atoms with Crippen LogP contribution in [0.25, 0.3) is 6.08 Å². The Kier molecular flexibility index (Phi) is 5.28. The lowest BCUT2D eigenvalue weighted by Crippen LogP contribution is -2.33. The van der Waals surface area contributed by atoms with Gasteiger partial charge in [-0.05, 0) is 50.4 Å². The van der Waals surface area contributed by atoms with Crippen LogP contribution in [0.1, 0.15) is 38.2 Å². The van der Waals surface area contributed by atoms with Gasteiger partial charge >= 0.3 is 6.36 Å². The van der Waals surface area contributed by atoms with E-state index in [0.717, 1.165) is 18.5 Å². The molecule has 0 saturated carbocycles. The summed E-state index contributed by atoms with van der Waals surface area (Å²) in [5, 5.41) is 3.48. The largest absolute Gasteiger partial charge is 0.573 e. The van der Waals surface area contributed by atoms with Gasteiger partial charge < -0.3 is 10.1 Å². The zero-order valence-electron chi connectivity index (χ0n) is 12.0. The smallest absolute Gasteiger partial charge is 0.406 e. The molecule has 2 nitrogen and oxygen atoms in total. The fourth-order valence-electron chi connectivity index (χ4n) is 2.60. The fraction of sp³-hybridized carbons (Fsp3) is 0.500. The van der Waals surface area contributed by atoms with Crippen LogP contribution in [0.4, 0.5) is 13.2 Å². The summed E-state index contributed by atoms with van der Waals surface area (Å²) >= 11 is 0. The number of hydrogen-bond acceptors (Lipinski definition) is 2. The van der Waals surface area contributed by atoms with Crippen molar-refractivity contribution in [1.29, 1.82) is 0 Å². The van der Waals surface area contributed by atoms with Gasteiger partial charge in [0.15, 0.2) is 0 Å². The van der Waals surface area contributed by atoms with E-state index in [9.17, 15) is 13.2 Å². The van der Waals surface area contributed by atoms with Crippen molar-refractivity contribution >= 4 is 6.08 Å². The first kappa shape index (κ1) is 15.9. The van der Waals surface area contributed by atoms with E-state index in [1.807, 2.05) is 6.08 Å². The molecule has 1 aromatic rings. The zero-order chi connectivity index (χ0) is 15.3. The van der Waals surface area contributed by atoms with Crippen molar-refractivity contribution in [1.82, 2.24) is 5.32 Å². The molecule has 1 saturated heterocycles. The lowest BCUT2D eigenvalue weighted by molar-refractivity contribution is -0.274. The second kappa shape index (κ2) is 6.98. The Morgan fingerprint density at radius 1 is 1.29 bits per heavy atom. The highest BCUT2D eigenvalue weighted by atomic mass is 19.4. The van der Waals surface area contributed by atoms with E-state index < -0.39 is 6.36 Å². The first-order valence-corrected chi connectivity index (χ1v) is 7.19. The molecule has 1 fully saturated rings. The molecule has 5 heteroatoms. The van der Waals surface area contributed by atoms with Gasteiger partial charge in [0.05, 0.1) is 0 Å². The standard InChI is InChI=1S/C16H20F3NO/c1-12(11-14-4-2-3-9-20-14)10-13-5-7-15(8-6-13)21-16(17,18)19/h5-8,10,14,20H,2-4,9,11H2,1H3/b12-10-. The Hall–Kier alpha value is -1.49. The second-order valence-corrected chi connectivity index (χ2v) is 5.46. The van der Waals surface area contributed by atoms with Crippen LogP contribution in [0.2, 0.25) is 0 Å². The monoisotopic (exact) mass is 299 g/mol. The molecule has 1 heterocycles. The van der Waals surface area contributed by atoms with Gasteiger partial charge in [-0.2, -0.15) is 0 Å². The van der Waals surface area contributed by atoms with Gasteiger partial charge in [0.2, 0.25) is 0 Å². The van der Waals surface area contributed by atoms with Crippen molar-refractivity contribution in [3.8, 4) is 5.75 Å². The Morgan fingerprint density at radius 3 is 2.57 bits per heavy atom. The first-order chi connectivity index (χ1) is 9.92. The van der Waals surface area contributed by atoms with Crippen molar-refractivity contribution in [3.05, 3.63) is 35.4 Å². The molecule has 1 aliphatic rings. The molecular formula is C16H20F3NO. The number of hydrogen-bond donors (Lipinski definition) is 1. The van der Waals surface area contributed by atoms with Crippen molar-refractivity contribution in [2.24, 2.45) is 0 Å². The average molecular weight is 299 g/mol. The third-order valence-electron chi connectivity index (χ3n) is 3.51. The average Bonchev–Trinajstić information content (AvgIpc) is 2.40. The molecule has 1 aromatic carbocycles. The van der Waals surface area contributed by atoms with E-state index in [2.05, 4.69) is 17.0 Å². The molecular weight excluding hydrogens is 279 g/mol. The van der Waals surface area contributed by atoms with Crippen molar-refractivity contribution in [2.75, 3.05) is 6.54 Å². The number of ether oxygens (including phenoxy) is 1. The highest BCUT2D eigenvalue weighted by molar-refractivity contribution is 5.53. The number of alkyl halides is 3. The normalized spacial score (nSPS) is 20.4. The Balaban J connectivity index is 1.93. The minimum atomic E-state index is -4.64. The summed E-state index contributed by atoms with van der Waals surface area (Å²) in [7, 11) is 0. The van der Waals surface area contributed by atoms with Crippen LogP contribution in [0, 0.1) is 0 Å². The molecule has 0 aliphatic carbocycles. The van der Waals surface area contributed by atoms with E-state index in [1.165, 1.54) is 37.0 Å². The zero-order valence-corrected chi connectivity index (χ0v) is 12.0. The highest BCUT2D eigenvalue weighted by Crippen LogP contribution is 2.24. The van der Waals surface area contributed by atoms with Gasteiger partial charge in [0, 0.05) is 6.04 Å². The van der Waals surface area contributed by atoms with Crippen LogP contribution in [-0.2, 0) is 0 Å². The summed E-state index contributed by atoms with van der Waals surface area (Å²) in [4.78, 5) is 0. The summed E-state index contributed by atoms with van der Waals surface area (Å²) in [6.07, 6.45) is 2.02. The summed E-state index contributed by atoms with van der Waals surface area (Å²) in [6.45, 7) is 3.12. The molecule has 116 valence electrons. The molecule has 1 N–H and O–H groups in total. The predicted octanol–water partition coefficient (Wildman–Crippen LogP) is 4.52. The highest BCUT2D eigenvalue weighted by Gasteiger charge is 2.30. The molecule has 0 aromatic heterocycles. The summed E-state index contributed by atoms with van der Waals surface area (Å²) in [5.41, 5.74) is 2.11. The SMILES string of the molecule is C/C(=C/c1ccc(OC(F)(F)F)cc1)CC1CCCCN1. The van der Waals surface area contributed by atoms with Crippen LogP contribution < -0.4 is 10.1 Å². The molecule has 0 radical (unpaired) electrons. The molecule has 0 bridgehead atoms. The van der Waals surface area contributed by atoms with Crippen molar-refractivity contribution in [2.45, 2.75) is 45.0 Å². The number of halogens is 3. The Bertz CT molecular complexity index is 473. The van der Waals surface area contributed by atoms with Crippen LogP contribution in [-0.4, -0.2) is 18.9 Å². The molecule has 0 spiro atoms. The lowest BCUT2D eigenvalue weighted by atomic mass is 9.97. The topological polar surface area (TPSA) is 21.3 Å². The van der Waals surface area contributed by atoms with Gasteiger partial charge in [-0.1, -0.05) is 30.2 Å². The van der Waals surface area contributed by atoms with E-state index >= 15 is 0 Å². The molecule has 1 unspecified atom stereocenters. The maximum Gasteiger partial charge on any atom is 0.573 e. The third-order valence-corrected chi connectivity index (χ3v) is 3.51. The number of benzene rings is 1. The fourth-order valence-corrected chi connectivity index (χ4v) is 2.60. The van der Waals surface area contributed by atoms with Gasteiger partial charge in [-0.25, -0.2) is 0 Å². The maximum absolute atomic E-state index is 12.1. The van der Waals surface area contributed by atoms with Crippen LogP contribution in [0.5, 0.6) is 5.75 Å².